The highest BCUT2D eigenvalue weighted by molar-refractivity contribution is 7.09. The molecule has 1 heterocycles. The molecule has 0 aliphatic rings. The Bertz CT molecular complexity index is 462. The highest BCUT2D eigenvalue weighted by Crippen LogP contribution is 2.23. The van der Waals surface area contributed by atoms with Crippen molar-refractivity contribution in [3.8, 4) is 11.3 Å². The summed E-state index contributed by atoms with van der Waals surface area (Å²) in [6.45, 7) is 0.336. The molecule has 2 rings (SSSR count). The van der Waals surface area contributed by atoms with Gasteiger partial charge in [0, 0.05) is 23.6 Å². The van der Waals surface area contributed by atoms with E-state index in [1.165, 1.54) is 23.5 Å². The number of halogens is 2. The molecule has 0 amide bonds. The molecule has 1 aromatic heterocycles. The van der Waals surface area contributed by atoms with Crippen LogP contribution in [0.15, 0.2) is 23.6 Å². The third-order valence-corrected chi connectivity index (χ3v) is 2.76. The van der Waals surface area contributed by atoms with Crippen molar-refractivity contribution in [3.05, 3.63) is 40.2 Å². The Balaban J connectivity index is 2.44. The summed E-state index contributed by atoms with van der Waals surface area (Å²) >= 11 is 1.38. The molecule has 1 aromatic carbocycles. The second-order valence-electron chi connectivity index (χ2n) is 2.99. The third kappa shape index (κ3) is 2.19. The van der Waals surface area contributed by atoms with Crippen molar-refractivity contribution in [2.75, 3.05) is 0 Å². The second-order valence-corrected chi connectivity index (χ2v) is 3.93. The minimum absolute atomic E-state index is 0.336. The van der Waals surface area contributed by atoms with E-state index in [1.54, 1.807) is 5.38 Å². The molecule has 15 heavy (non-hydrogen) atoms. The lowest BCUT2D eigenvalue weighted by atomic mass is 10.1. The minimum atomic E-state index is -0.604. The van der Waals surface area contributed by atoms with Gasteiger partial charge >= 0.3 is 0 Å². The summed E-state index contributed by atoms with van der Waals surface area (Å²) in [6.07, 6.45) is 0. The van der Waals surface area contributed by atoms with Crippen molar-refractivity contribution in [1.29, 1.82) is 0 Å². The monoisotopic (exact) mass is 226 g/mol. The van der Waals surface area contributed by atoms with E-state index in [1.807, 2.05) is 0 Å². The van der Waals surface area contributed by atoms with Crippen LogP contribution in [0.25, 0.3) is 11.3 Å². The van der Waals surface area contributed by atoms with E-state index in [4.69, 9.17) is 5.73 Å². The molecule has 0 aliphatic carbocycles. The molecule has 0 aliphatic heterocycles. The quantitative estimate of drug-likeness (QED) is 0.854. The number of nitrogens with two attached hydrogens (primary N) is 1. The van der Waals surface area contributed by atoms with Gasteiger partial charge in [0.25, 0.3) is 0 Å². The Hall–Kier alpha value is -1.33. The van der Waals surface area contributed by atoms with Gasteiger partial charge in [-0.15, -0.1) is 11.3 Å². The van der Waals surface area contributed by atoms with Gasteiger partial charge in [0.05, 0.1) is 5.69 Å². The molecular formula is C10H8F2N2S. The lowest BCUT2D eigenvalue weighted by Crippen LogP contribution is -1.94. The molecule has 0 bridgehead atoms. The fourth-order valence-corrected chi connectivity index (χ4v) is 1.92. The zero-order chi connectivity index (χ0) is 10.8. The largest absolute Gasteiger partial charge is 0.325 e. The summed E-state index contributed by atoms with van der Waals surface area (Å²) < 4.78 is 25.8. The van der Waals surface area contributed by atoms with Gasteiger partial charge in [-0.25, -0.2) is 13.8 Å². The van der Waals surface area contributed by atoms with E-state index in [-0.39, 0.29) is 0 Å². The Kier molecular flexibility index (Phi) is 2.75. The first kappa shape index (κ1) is 10.2. The van der Waals surface area contributed by atoms with Gasteiger partial charge in [0.2, 0.25) is 0 Å². The first-order valence-electron chi connectivity index (χ1n) is 4.30. The molecule has 2 aromatic rings. The molecule has 0 unspecified atom stereocenters. The number of benzene rings is 1. The maximum atomic E-state index is 12.9. The molecule has 78 valence electrons. The summed E-state index contributed by atoms with van der Waals surface area (Å²) in [6, 6.07) is 3.33. The molecular weight excluding hydrogens is 218 g/mol. The fraction of sp³-hybridized carbons (Fsp3) is 0.100. The normalized spacial score (nSPS) is 10.6. The zero-order valence-electron chi connectivity index (χ0n) is 7.71. The number of nitrogens with zero attached hydrogens (tertiary/aromatic N) is 1. The van der Waals surface area contributed by atoms with Crippen molar-refractivity contribution in [2.24, 2.45) is 5.73 Å². The van der Waals surface area contributed by atoms with Gasteiger partial charge in [-0.05, 0) is 12.1 Å². The van der Waals surface area contributed by atoms with Crippen LogP contribution in [-0.4, -0.2) is 4.98 Å². The van der Waals surface area contributed by atoms with E-state index >= 15 is 0 Å². The predicted molar refractivity (Wildman–Crippen MR) is 55.4 cm³/mol. The number of thiazole rings is 1. The SMILES string of the molecule is NCc1nc(-c2cc(F)cc(F)c2)cs1. The summed E-state index contributed by atoms with van der Waals surface area (Å²) in [7, 11) is 0. The smallest absolute Gasteiger partial charge is 0.126 e. The Morgan fingerprint density at radius 2 is 1.87 bits per heavy atom. The molecule has 2 N–H and O–H groups in total. The van der Waals surface area contributed by atoms with E-state index in [2.05, 4.69) is 4.98 Å². The van der Waals surface area contributed by atoms with Crippen LogP contribution in [0.2, 0.25) is 0 Å². The molecule has 0 saturated heterocycles. The van der Waals surface area contributed by atoms with Crippen LogP contribution < -0.4 is 5.73 Å². The minimum Gasteiger partial charge on any atom is -0.325 e. The van der Waals surface area contributed by atoms with Gasteiger partial charge in [0.15, 0.2) is 0 Å². The van der Waals surface area contributed by atoms with Crippen LogP contribution in [-0.2, 0) is 6.54 Å². The highest BCUT2D eigenvalue weighted by atomic mass is 32.1. The molecule has 0 spiro atoms. The zero-order valence-corrected chi connectivity index (χ0v) is 8.52. The number of aromatic nitrogens is 1. The Labute approximate surface area is 89.4 Å². The maximum absolute atomic E-state index is 12.9. The summed E-state index contributed by atoms with van der Waals surface area (Å²) in [5, 5.41) is 2.48. The topological polar surface area (TPSA) is 38.9 Å². The van der Waals surface area contributed by atoms with E-state index in [0.717, 1.165) is 11.1 Å². The average Bonchev–Trinajstić information content (AvgIpc) is 2.64. The van der Waals surface area contributed by atoms with Crippen molar-refractivity contribution in [3.63, 3.8) is 0 Å². The van der Waals surface area contributed by atoms with E-state index in [9.17, 15) is 8.78 Å². The predicted octanol–water partition coefficient (Wildman–Crippen LogP) is 2.55. The van der Waals surface area contributed by atoms with Crippen LogP contribution >= 0.6 is 11.3 Å². The first-order chi connectivity index (χ1) is 7.19. The van der Waals surface area contributed by atoms with E-state index in [0.29, 0.717) is 17.8 Å². The maximum Gasteiger partial charge on any atom is 0.126 e. The number of hydrogen-bond donors (Lipinski definition) is 1. The lowest BCUT2D eigenvalue weighted by molar-refractivity contribution is 0.584. The standard InChI is InChI=1S/C10H8F2N2S/c11-7-1-6(2-8(12)3-7)9-5-15-10(4-13)14-9/h1-3,5H,4,13H2. The van der Waals surface area contributed by atoms with Crippen LogP contribution in [0, 0.1) is 11.6 Å². The third-order valence-electron chi connectivity index (χ3n) is 1.88. The number of hydrogen-bond acceptors (Lipinski definition) is 3. The summed E-state index contributed by atoms with van der Waals surface area (Å²) in [5.41, 5.74) is 6.39. The lowest BCUT2D eigenvalue weighted by Gasteiger charge is -1.97. The van der Waals surface area contributed by atoms with E-state index < -0.39 is 11.6 Å². The van der Waals surface area contributed by atoms with Gasteiger partial charge in [-0.1, -0.05) is 0 Å². The van der Waals surface area contributed by atoms with Gasteiger partial charge < -0.3 is 5.73 Å². The molecule has 0 fully saturated rings. The van der Waals surface area contributed by atoms with Crippen molar-refractivity contribution >= 4 is 11.3 Å². The summed E-state index contributed by atoms with van der Waals surface area (Å²) in [5.74, 6) is -1.21. The average molecular weight is 226 g/mol. The molecule has 5 heteroatoms. The first-order valence-corrected chi connectivity index (χ1v) is 5.18. The van der Waals surface area contributed by atoms with Gasteiger partial charge in [-0.2, -0.15) is 0 Å². The molecule has 2 nitrogen and oxygen atoms in total. The van der Waals surface area contributed by atoms with Crippen LogP contribution in [0.5, 0.6) is 0 Å². The van der Waals surface area contributed by atoms with Crippen molar-refractivity contribution in [1.82, 2.24) is 4.98 Å². The second kappa shape index (κ2) is 4.04. The Morgan fingerprint density at radius 3 is 2.40 bits per heavy atom. The van der Waals surface area contributed by atoms with Gasteiger partial charge in [-0.3, -0.25) is 0 Å². The molecule has 0 radical (unpaired) electrons. The van der Waals surface area contributed by atoms with Crippen LogP contribution in [0.3, 0.4) is 0 Å². The van der Waals surface area contributed by atoms with Crippen molar-refractivity contribution in [2.45, 2.75) is 6.54 Å². The molecule has 0 saturated carbocycles. The van der Waals surface area contributed by atoms with Crippen LogP contribution in [0.1, 0.15) is 5.01 Å². The fourth-order valence-electron chi connectivity index (χ4n) is 1.24. The molecule has 0 atom stereocenters. The Morgan fingerprint density at radius 1 is 1.20 bits per heavy atom. The summed E-state index contributed by atoms with van der Waals surface area (Å²) in [4.78, 5) is 4.14. The van der Waals surface area contributed by atoms with Gasteiger partial charge in [0.1, 0.15) is 16.6 Å². The number of rotatable bonds is 2. The van der Waals surface area contributed by atoms with Crippen LogP contribution in [0.4, 0.5) is 8.78 Å². The highest BCUT2D eigenvalue weighted by Gasteiger charge is 2.06. The van der Waals surface area contributed by atoms with Crippen molar-refractivity contribution < 1.29 is 8.78 Å².